The molecule has 2 aromatic carbocycles. The fourth-order valence-corrected chi connectivity index (χ4v) is 4.71. The smallest absolute Gasteiger partial charge is 0.240 e. The zero-order chi connectivity index (χ0) is 20.7. The van der Waals surface area contributed by atoms with Crippen LogP contribution in [0.25, 0.3) is 0 Å². The van der Waals surface area contributed by atoms with Crippen LogP contribution in [0.3, 0.4) is 0 Å². The maximum Gasteiger partial charge on any atom is 0.240 e. The van der Waals surface area contributed by atoms with E-state index >= 15 is 0 Å². The predicted molar refractivity (Wildman–Crippen MR) is 109 cm³/mol. The highest BCUT2D eigenvalue weighted by molar-refractivity contribution is 7.89. The van der Waals surface area contributed by atoms with Crippen LogP contribution in [-0.4, -0.2) is 51.3 Å². The number of likely N-dealkylation sites (tertiary alicyclic amines) is 1. The van der Waals surface area contributed by atoms with E-state index in [9.17, 15) is 12.8 Å². The lowest BCUT2D eigenvalue weighted by Crippen LogP contribution is -2.40. The summed E-state index contributed by atoms with van der Waals surface area (Å²) < 4.78 is 46.2. The topological polar surface area (TPSA) is 78.9 Å². The molecule has 0 amide bonds. The number of halogens is 1. The lowest BCUT2D eigenvalue weighted by Gasteiger charge is -2.32. The first-order valence-corrected chi connectivity index (χ1v) is 11.2. The second-order valence-electron chi connectivity index (χ2n) is 7.27. The van der Waals surface area contributed by atoms with Gasteiger partial charge in [-0.15, -0.1) is 0 Å². The molecule has 0 spiro atoms. The molecule has 2 N–H and O–H groups in total. The van der Waals surface area contributed by atoms with E-state index in [0.717, 1.165) is 49.9 Å². The second kappa shape index (κ2) is 10.2. The van der Waals surface area contributed by atoms with Gasteiger partial charge in [-0.3, -0.25) is 4.90 Å². The molecule has 0 unspecified atom stereocenters. The minimum absolute atomic E-state index is 0.0242. The maximum atomic E-state index is 13.3. The SMILES string of the molecule is O=S(=O)(NC[C@@H]1CCCN(Cc2cccc(OCCO)c2)C1)c1cccc(F)c1. The molecule has 0 bridgehead atoms. The number of nitrogens with one attached hydrogen (secondary N) is 1. The lowest BCUT2D eigenvalue weighted by atomic mass is 9.98. The Bertz CT molecular complexity index is 907. The molecule has 0 saturated carbocycles. The Balaban J connectivity index is 1.54. The minimum Gasteiger partial charge on any atom is -0.491 e. The first-order valence-electron chi connectivity index (χ1n) is 9.76. The van der Waals surface area contributed by atoms with Gasteiger partial charge < -0.3 is 9.84 Å². The molecular weight excluding hydrogens is 395 g/mol. The van der Waals surface area contributed by atoms with E-state index in [1.54, 1.807) is 0 Å². The van der Waals surface area contributed by atoms with Crippen LogP contribution in [0.1, 0.15) is 18.4 Å². The Morgan fingerprint density at radius 1 is 1.21 bits per heavy atom. The summed E-state index contributed by atoms with van der Waals surface area (Å²) in [7, 11) is -3.72. The molecule has 0 aliphatic carbocycles. The lowest BCUT2D eigenvalue weighted by molar-refractivity contribution is 0.168. The van der Waals surface area contributed by atoms with Crippen molar-refractivity contribution < 1.29 is 22.7 Å². The van der Waals surface area contributed by atoms with E-state index < -0.39 is 15.8 Å². The number of benzene rings is 2. The van der Waals surface area contributed by atoms with Gasteiger partial charge in [-0.05, 0) is 61.2 Å². The van der Waals surface area contributed by atoms with Crippen molar-refractivity contribution in [1.29, 1.82) is 0 Å². The molecule has 6 nitrogen and oxygen atoms in total. The van der Waals surface area contributed by atoms with E-state index in [4.69, 9.17) is 9.84 Å². The van der Waals surface area contributed by atoms with Crippen LogP contribution in [0.2, 0.25) is 0 Å². The molecule has 3 rings (SSSR count). The van der Waals surface area contributed by atoms with E-state index in [-0.39, 0.29) is 24.0 Å². The molecule has 1 aliphatic heterocycles. The predicted octanol–water partition coefficient (Wildman–Crippen LogP) is 2.39. The number of piperidine rings is 1. The fraction of sp³-hybridized carbons (Fsp3) is 0.429. The summed E-state index contributed by atoms with van der Waals surface area (Å²) in [4.78, 5) is 2.25. The van der Waals surface area contributed by atoms with Crippen LogP contribution >= 0.6 is 0 Å². The van der Waals surface area contributed by atoms with Gasteiger partial charge in [-0.1, -0.05) is 18.2 Å². The van der Waals surface area contributed by atoms with Crippen molar-refractivity contribution in [3.8, 4) is 5.75 Å². The first-order chi connectivity index (χ1) is 14.0. The van der Waals surface area contributed by atoms with Crippen molar-refractivity contribution in [3.63, 3.8) is 0 Å². The molecule has 1 aliphatic rings. The third-order valence-electron chi connectivity index (χ3n) is 4.94. The van der Waals surface area contributed by atoms with E-state index in [0.29, 0.717) is 6.54 Å². The third-order valence-corrected chi connectivity index (χ3v) is 6.36. The monoisotopic (exact) mass is 422 g/mol. The van der Waals surface area contributed by atoms with Gasteiger partial charge in [0.05, 0.1) is 11.5 Å². The summed E-state index contributed by atoms with van der Waals surface area (Å²) in [6.45, 7) is 3.06. The molecule has 29 heavy (non-hydrogen) atoms. The Morgan fingerprint density at radius 3 is 2.83 bits per heavy atom. The molecule has 1 atom stereocenters. The number of rotatable bonds is 9. The van der Waals surface area contributed by atoms with Crippen molar-refractivity contribution in [1.82, 2.24) is 9.62 Å². The van der Waals surface area contributed by atoms with Crippen LogP contribution in [0.5, 0.6) is 5.75 Å². The molecule has 8 heteroatoms. The molecule has 0 aromatic heterocycles. The van der Waals surface area contributed by atoms with Crippen molar-refractivity contribution in [3.05, 3.63) is 59.9 Å². The van der Waals surface area contributed by atoms with Crippen molar-refractivity contribution in [2.75, 3.05) is 32.8 Å². The van der Waals surface area contributed by atoms with E-state index in [1.807, 2.05) is 24.3 Å². The second-order valence-corrected chi connectivity index (χ2v) is 9.04. The summed E-state index contributed by atoms with van der Waals surface area (Å²) in [6, 6.07) is 12.8. The number of hydrogen-bond acceptors (Lipinski definition) is 5. The Hall–Kier alpha value is -2.00. The Kier molecular flexibility index (Phi) is 7.60. The van der Waals surface area contributed by atoms with Gasteiger partial charge in [-0.25, -0.2) is 17.5 Å². The van der Waals surface area contributed by atoms with E-state index in [1.165, 1.54) is 18.2 Å². The summed E-state index contributed by atoms with van der Waals surface area (Å²) in [5.74, 6) is 0.357. The molecule has 0 radical (unpaired) electrons. The van der Waals surface area contributed by atoms with Gasteiger partial charge in [0.15, 0.2) is 0 Å². The molecule has 158 valence electrons. The van der Waals surface area contributed by atoms with Gasteiger partial charge in [0, 0.05) is 19.6 Å². The fourth-order valence-electron chi connectivity index (χ4n) is 3.56. The molecule has 1 saturated heterocycles. The molecule has 2 aromatic rings. The van der Waals surface area contributed by atoms with Gasteiger partial charge >= 0.3 is 0 Å². The van der Waals surface area contributed by atoms with Gasteiger partial charge in [-0.2, -0.15) is 0 Å². The number of nitrogens with zero attached hydrogens (tertiary/aromatic N) is 1. The van der Waals surface area contributed by atoms with Crippen LogP contribution in [-0.2, 0) is 16.6 Å². The van der Waals surface area contributed by atoms with Crippen LogP contribution in [0.15, 0.2) is 53.4 Å². The average Bonchev–Trinajstić information content (AvgIpc) is 2.71. The van der Waals surface area contributed by atoms with Crippen LogP contribution < -0.4 is 9.46 Å². The highest BCUT2D eigenvalue weighted by atomic mass is 32.2. The van der Waals surface area contributed by atoms with Gasteiger partial charge in [0.1, 0.15) is 18.2 Å². The van der Waals surface area contributed by atoms with Gasteiger partial charge in [0.2, 0.25) is 10.0 Å². The Labute approximate surface area is 171 Å². The molecule has 1 fully saturated rings. The largest absolute Gasteiger partial charge is 0.491 e. The maximum absolute atomic E-state index is 13.3. The normalized spacial score (nSPS) is 17.9. The van der Waals surface area contributed by atoms with Crippen molar-refractivity contribution in [2.24, 2.45) is 5.92 Å². The highest BCUT2D eigenvalue weighted by Crippen LogP contribution is 2.21. The zero-order valence-electron chi connectivity index (χ0n) is 16.3. The molecular formula is C21H27FN2O4S. The number of ether oxygens (including phenoxy) is 1. The first kappa shape index (κ1) is 21.7. The summed E-state index contributed by atoms with van der Waals surface area (Å²) in [5, 5.41) is 8.88. The summed E-state index contributed by atoms with van der Waals surface area (Å²) in [5.41, 5.74) is 1.11. The standard InChI is InChI=1S/C21H27FN2O4S/c22-19-6-2-8-21(13-19)29(26,27)23-14-18-5-3-9-24(16-18)15-17-4-1-7-20(12-17)28-11-10-25/h1-2,4,6-8,12-13,18,23,25H,3,5,9-11,14-16H2/t18-/m0/s1. The minimum atomic E-state index is -3.72. The van der Waals surface area contributed by atoms with Crippen LogP contribution in [0.4, 0.5) is 4.39 Å². The third kappa shape index (κ3) is 6.50. The highest BCUT2D eigenvalue weighted by Gasteiger charge is 2.23. The number of hydrogen-bond donors (Lipinski definition) is 2. The zero-order valence-corrected chi connectivity index (χ0v) is 17.1. The van der Waals surface area contributed by atoms with Gasteiger partial charge in [0.25, 0.3) is 0 Å². The van der Waals surface area contributed by atoms with Crippen LogP contribution in [0, 0.1) is 11.7 Å². The Morgan fingerprint density at radius 2 is 2.03 bits per heavy atom. The number of sulfonamides is 1. The average molecular weight is 423 g/mol. The van der Waals surface area contributed by atoms with Crippen molar-refractivity contribution in [2.45, 2.75) is 24.3 Å². The van der Waals surface area contributed by atoms with E-state index in [2.05, 4.69) is 9.62 Å². The quantitative estimate of drug-likeness (QED) is 0.649. The molecule has 1 heterocycles. The number of aliphatic hydroxyl groups is 1. The summed E-state index contributed by atoms with van der Waals surface area (Å²) >= 11 is 0. The van der Waals surface area contributed by atoms with Crippen molar-refractivity contribution >= 4 is 10.0 Å². The summed E-state index contributed by atoms with van der Waals surface area (Å²) in [6.07, 6.45) is 1.94. The number of aliphatic hydroxyl groups excluding tert-OH is 1.